The second-order valence-corrected chi connectivity index (χ2v) is 6.66. The number of carbonyl (C=O) groups is 1. The SMILES string of the molecule is CCCS(=O)(=O)N1CCc2ccccc2C1C(=O)O. The Balaban J connectivity index is 2.46. The summed E-state index contributed by atoms with van der Waals surface area (Å²) in [6.07, 6.45) is 1.04. The molecule has 0 saturated heterocycles. The summed E-state index contributed by atoms with van der Waals surface area (Å²) in [5, 5.41) is 9.38. The topological polar surface area (TPSA) is 74.7 Å². The van der Waals surface area contributed by atoms with Gasteiger partial charge in [-0.3, -0.25) is 4.79 Å². The smallest absolute Gasteiger partial charge is 0.326 e. The van der Waals surface area contributed by atoms with E-state index in [4.69, 9.17) is 0 Å². The molecule has 0 amide bonds. The lowest BCUT2D eigenvalue weighted by atomic mass is 9.94. The monoisotopic (exact) mass is 283 g/mol. The molecule has 2 rings (SSSR count). The van der Waals surface area contributed by atoms with Gasteiger partial charge in [-0.15, -0.1) is 0 Å². The van der Waals surface area contributed by atoms with Crippen molar-refractivity contribution >= 4 is 16.0 Å². The molecular formula is C13H17NO4S. The molecule has 0 fully saturated rings. The van der Waals surface area contributed by atoms with Crippen LogP contribution in [0.5, 0.6) is 0 Å². The molecule has 0 bridgehead atoms. The largest absolute Gasteiger partial charge is 0.480 e. The second-order valence-electron chi connectivity index (χ2n) is 4.62. The van der Waals surface area contributed by atoms with E-state index in [9.17, 15) is 18.3 Å². The standard InChI is InChI=1S/C13H17NO4S/c1-2-9-19(17,18)14-8-7-10-5-3-4-6-11(10)12(14)13(15)16/h3-6,12H,2,7-9H2,1H3,(H,15,16). The van der Waals surface area contributed by atoms with Crippen LogP contribution in [0.3, 0.4) is 0 Å². The summed E-state index contributed by atoms with van der Waals surface area (Å²) in [7, 11) is -3.52. The molecule has 0 spiro atoms. The Kier molecular flexibility index (Phi) is 3.91. The van der Waals surface area contributed by atoms with Crippen LogP contribution in [0.4, 0.5) is 0 Å². The number of benzene rings is 1. The molecule has 19 heavy (non-hydrogen) atoms. The highest BCUT2D eigenvalue weighted by molar-refractivity contribution is 7.89. The first-order valence-electron chi connectivity index (χ1n) is 6.27. The van der Waals surface area contributed by atoms with E-state index in [1.54, 1.807) is 19.1 Å². The van der Waals surface area contributed by atoms with Crippen LogP contribution in [-0.4, -0.2) is 36.1 Å². The number of nitrogens with zero attached hydrogens (tertiary/aromatic N) is 1. The maximum atomic E-state index is 12.2. The molecule has 6 heteroatoms. The van der Waals surface area contributed by atoms with E-state index in [0.717, 1.165) is 9.87 Å². The highest BCUT2D eigenvalue weighted by Gasteiger charge is 2.39. The first kappa shape index (κ1) is 14.0. The van der Waals surface area contributed by atoms with Gasteiger partial charge in [-0.1, -0.05) is 31.2 Å². The van der Waals surface area contributed by atoms with Gasteiger partial charge < -0.3 is 5.11 Å². The maximum absolute atomic E-state index is 12.2. The minimum Gasteiger partial charge on any atom is -0.480 e. The predicted molar refractivity (Wildman–Crippen MR) is 71.3 cm³/mol. The average Bonchev–Trinajstić information content (AvgIpc) is 2.37. The van der Waals surface area contributed by atoms with Crippen LogP contribution < -0.4 is 0 Å². The van der Waals surface area contributed by atoms with Gasteiger partial charge in [0, 0.05) is 6.54 Å². The molecule has 1 aliphatic rings. The summed E-state index contributed by atoms with van der Waals surface area (Å²) >= 11 is 0. The molecule has 0 aromatic heterocycles. The minimum atomic E-state index is -3.52. The Morgan fingerprint density at radius 1 is 1.42 bits per heavy atom. The fraction of sp³-hybridized carbons (Fsp3) is 0.462. The van der Waals surface area contributed by atoms with Crippen molar-refractivity contribution in [3.63, 3.8) is 0 Å². The molecule has 1 N–H and O–H groups in total. The van der Waals surface area contributed by atoms with Crippen molar-refractivity contribution in [2.75, 3.05) is 12.3 Å². The van der Waals surface area contributed by atoms with Gasteiger partial charge in [0.15, 0.2) is 0 Å². The molecule has 104 valence electrons. The molecule has 0 aliphatic carbocycles. The average molecular weight is 283 g/mol. The fourth-order valence-electron chi connectivity index (χ4n) is 2.47. The van der Waals surface area contributed by atoms with E-state index >= 15 is 0 Å². The van der Waals surface area contributed by atoms with Crippen LogP contribution in [-0.2, 0) is 21.2 Å². The van der Waals surface area contributed by atoms with Gasteiger partial charge >= 0.3 is 5.97 Å². The van der Waals surface area contributed by atoms with Crippen molar-refractivity contribution in [3.8, 4) is 0 Å². The highest BCUT2D eigenvalue weighted by atomic mass is 32.2. The lowest BCUT2D eigenvalue weighted by Gasteiger charge is -2.33. The van der Waals surface area contributed by atoms with E-state index < -0.39 is 22.0 Å². The first-order valence-corrected chi connectivity index (χ1v) is 7.88. The lowest BCUT2D eigenvalue weighted by Crippen LogP contribution is -2.44. The summed E-state index contributed by atoms with van der Waals surface area (Å²) in [6.45, 7) is 2.00. The third-order valence-electron chi connectivity index (χ3n) is 3.29. The van der Waals surface area contributed by atoms with E-state index in [1.807, 2.05) is 12.1 Å². The molecule has 5 nitrogen and oxygen atoms in total. The number of fused-ring (bicyclic) bond motifs is 1. The van der Waals surface area contributed by atoms with Gasteiger partial charge in [-0.05, 0) is 24.0 Å². The summed E-state index contributed by atoms with van der Waals surface area (Å²) < 4.78 is 25.5. The first-order chi connectivity index (χ1) is 8.97. The van der Waals surface area contributed by atoms with Crippen molar-refractivity contribution in [2.24, 2.45) is 0 Å². The van der Waals surface area contributed by atoms with E-state index in [2.05, 4.69) is 0 Å². The molecule has 1 atom stereocenters. The zero-order valence-corrected chi connectivity index (χ0v) is 11.6. The number of sulfonamides is 1. The number of hydrogen-bond acceptors (Lipinski definition) is 3. The van der Waals surface area contributed by atoms with Crippen molar-refractivity contribution in [1.29, 1.82) is 0 Å². The number of carboxylic acid groups (broad SMARTS) is 1. The Bertz CT molecular complexity index is 582. The Hall–Kier alpha value is -1.40. The van der Waals surface area contributed by atoms with Crippen molar-refractivity contribution in [1.82, 2.24) is 4.31 Å². The van der Waals surface area contributed by atoms with Crippen molar-refractivity contribution in [3.05, 3.63) is 35.4 Å². The number of rotatable bonds is 4. The number of hydrogen-bond donors (Lipinski definition) is 1. The van der Waals surface area contributed by atoms with Crippen LogP contribution in [0.2, 0.25) is 0 Å². The van der Waals surface area contributed by atoms with Gasteiger partial charge in [0.1, 0.15) is 6.04 Å². The molecule has 0 saturated carbocycles. The van der Waals surface area contributed by atoms with Crippen LogP contribution in [0.1, 0.15) is 30.5 Å². The van der Waals surface area contributed by atoms with Gasteiger partial charge in [-0.25, -0.2) is 8.42 Å². The molecule has 1 aromatic rings. The lowest BCUT2D eigenvalue weighted by molar-refractivity contribution is -0.142. The summed E-state index contributed by atoms with van der Waals surface area (Å²) in [6, 6.07) is 6.04. The Morgan fingerprint density at radius 3 is 2.74 bits per heavy atom. The molecule has 1 heterocycles. The molecule has 0 radical (unpaired) electrons. The van der Waals surface area contributed by atoms with Gasteiger partial charge in [0.05, 0.1) is 5.75 Å². The quantitative estimate of drug-likeness (QED) is 0.906. The van der Waals surface area contributed by atoms with E-state index in [0.29, 0.717) is 18.4 Å². The van der Waals surface area contributed by atoms with Crippen LogP contribution in [0, 0.1) is 0 Å². The van der Waals surface area contributed by atoms with E-state index in [1.165, 1.54) is 0 Å². The van der Waals surface area contributed by atoms with Crippen molar-refractivity contribution < 1.29 is 18.3 Å². The minimum absolute atomic E-state index is 0.0149. The predicted octanol–water partition coefficient (Wildman–Crippen LogP) is 1.41. The summed E-state index contributed by atoms with van der Waals surface area (Å²) in [4.78, 5) is 11.5. The molecule has 1 aromatic carbocycles. The third kappa shape index (κ3) is 2.64. The normalized spacial score (nSPS) is 19.9. The maximum Gasteiger partial charge on any atom is 0.326 e. The molecule has 1 aliphatic heterocycles. The number of carboxylic acids is 1. The highest BCUT2D eigenvalue weighted by Crippen LogP contribution is 2.32. The zero-order chi connectivity index (χ0) is 14.0. The van der Waals surface area contributed by atoms with Crippen molar-refractivity contribution in [2.45, 2.75) is 25.8 Å². The summed E-state index contributed by atoms with van der Waals surface area (Å²) in [5.74, 6) is -1.13. The molecular weight excluding hydrogens is 266 g/mol. The fourth-order valence-corrected chi connectivity index (χ4v) is 4.12. The van der Waals surface area contributed by atoms with E-state index in [-0.39, 0.29) is 12.3 Å². The van der Waals surface area contributed by atoms with Crippen LogP contribution >= 0.6 is 0 Å². The Morgan fingerprint density at radius 2 is 2.11 bits per heavy atom. The summed E-state index contributed by atoms with van der Waals surface area (Å²) in [5.41, 5.74) is 1.50. The van der Waals surface area contributed by atoms with Gasteiger partial charge in [0.25, 0.3) is 0 Å². The third-order valence-corrected chi connectivity index (χ3v) is 5.32. The van der Waals surface area contributed by atoms with Crippen LogP contribution in [0.15, 0.2) is 24.3 Å². The second kappa shape index (κ2) is 5.30. The van der Waals surface area contributed by atoms with Gasteiger partial charge in [-0.2, -0.15) is 4.31 Å². The van der Waals surface area contributed by atoms with Crippen LogP contribution in [0.25, 0.3) is 0 Å². The zero-order valence-electron chi connectivity index (χ0n) is 10.7. The molecule has 1 unspecified atom stereocenters. The number of aliphatic carboxylic acids is 1. The Labute approximate surface area is 112 Å². The van der Waals surface area contributed by atoms with Gasteiger partial charge in [0.2, 0.25) is 10.0 Å².